The Bertz CT molecular complexity index is 642. The minimum atomic E-state index is -0.424. The molecular weight excluding hydrogens is 386 g/mol. The van der Waals surface area contributed by atoms with Crippen LogP contribution >= 0.6 is 0 Å². The molecule has 0 aromatic heterocycles. The number of nitrogens with one attached hydrogen (secondary N) is 1. The van der Waals surface area contributed by atoms with Crippen molar-refractivity contribution in [1.82, 2.24) is 5.32 Å². The molecule has 3 unspecified atom stereocenters. The van der Waals surface area contributed by atoms with Crippen LogP contribution in [0.3, 0.4) is 0 Å². The maximum absolute atomic E-state index is 12.6. The predicted molar refractivity (Wildman–Crippen MR) is 113 cm³/mol. The van der Waals surface area contributed by atoms with Gasteiger partial charge in [0.15, 0.2) is 0 Å². The topological polar surface area (TPSA) is 81.9 Å². The van der Waals surface area contributed by atoms with E-state index in [0.29, 0.717) is 19.6 Å². The summed E-state index contributed by atoms with van der Waals surface area (Å²) in [7, 11) is 3.32. The first kappa shape index (κ1) is 23.5. The second kappa shape index (κ2) is 9.15. The van der Waals surface area contributed by atoms with Gasteiger partial charge in [0.1, 0.15) is 23.4 Å². The lowest BCUT2D eigenvalue weighted by Crippen LogP contribution is -2.56. The molecule has 0 radical (unpaired) electrons. The lowest BCUT2D eigenvalue weighted by atomic mass is 9.68. The highest BCUT2D eigenvalue weighted by atomic mass is 16.6. The van der Waals surface area contributed by atoms with Crippen LogP contribution in [-0.4, -0.2) is 69.1 Å². The molecule has 1 spiro atoms. The third-order valence-electron chi connectivity index (χ3n) is 6.95. The number of amides is 1. The zero-order valence-electron chi connectivity index (χ0n) is 19.5. The quantitative estimate of drug-likeness (QED) is 0.450. The van der Waals surface area contributed by atoms with Gasteiger partial charge in [-0.05, 0) is 46.0 Å². The van der Waals surface area contributed by atoms with Crippen LogP contribution in [0.5, 0.6) is 0 Å². The van der Waals surface area contributed by atoms with Crippen molar-refractivity contribution in [2.24, 2.45) is 11.8 Å². The molecule has 0 bridgehead atoms. The Morgan fingerprint density at radius 1 is 1.30 bits per heavy atom. The zero-order valence-corrected chi connectivity index (χ0v) is 19.5. The molecule has 1 saturated carbocycles. The van der Waals surface area contributed by atoms with E-state index in [0.717, 1.165) is 12.8 Å². The van der Waals surface area contributed by atoms with Crippen molar-refractivity contribution in [3.05, 3.63) is 11.6 Å². The van der Waals surface area contributed by atoms with Crippen molar-refractivity contribution >= 4 is 6.09 Å². The van der Waals surface area contributed by atoms with E-state index in [1.807, 2.05) is 13.8 Å². The summed E-state index contributed by atoms with van der Waals surface area (Å²) < 4.78 is 29.2. The Morgan fingerprint density at radius 2 is 2.00 bits per heavy atom. The van der Waals surface area contributed by atoms with Gasteiger partial charge in [-0.2, -0.15) is 0 Å². The molecule has 0 aromatic rings. The summed E-state index contributed by atoms with van der Waals surface area (Å²) in [6, 6.07) is -0.0984. The third kappa shape index (κ3) is 4.85. The fourth-order valence-electron chi connectivity index (χ4n) is 4.97. The van der Waals surface area contributed by atoms with Crippen molar-refractivity contribution in [3.63, 3.8) is 0 Å². The smallest absolute Gasteiger partial charge is 0.407 e. The van der Waals surface area contributed by atoms with Crippen LogP contribution in [0, 0.1) is 11.8 Å². The SMILES string of the molecule is COC[C@H](NC(=O)OC1CC[C@]2(CO2)C([C@@]2(C)O[C@@H]2CC=C(C)C)C1OC)C(C)C. The van der Waals surface area contributed by atoms with E-state index in [9.17, 15) is 4.79 Å². The summed E-state index contributed by atoms with van der Waals surface area (Å²) >= 11 is 0. The first-order chi connectivity index (χ1) is 14.2. The highest BCUT2D eigenvalue weighted by Gasteiger charge is 2.72. The Kier molecular flexibility index (Phi) is 7.17. The highest BCUT2D eigenvalue weighted by Crippen LogP contribution is 2.59. The number of ether oxygens (including phenoxy) is 5. The van der Waals surface area contributed by atoms with Crippen LogP contribution in [0.25, 0.3) is 0 Å². The Labute approximate surface area is 180 Å². The molecule has 3 rings (SSSR count). The van der Waals surface area contributed by atoms with Crippen LogP contribution in [0.2, 0.25) is 0 Å². The second-order valence-corrected chi connectivity index (χ2v) is 9.77. The fraction of sp³-hybridized carbons (Fsp3) is 0.870. The first-order valence-electron chi connectivity index (χ1n) is 11.1. The number of methoxy groups -OCH3 is 2. The van der Waals surface area contributed by atoms with Crippen molar-refractivity contribution in [2.75, 3.05) is 27.4 Å². The number of hydrogen-bond donors (Lipinski definition) is 1. The van der Waals surface area contributed by atoms with Gasteiger partial charge >= 0.3 is 6.09 Å². The highest BCUT2D eigenvalue weighted by molar-refractivity contribution is 5.68. The summed E-state index contributed by atoms with van der Waals surface area (Å²) in [6.45, 7) is 11.6. The standard InChI is InChI=1S/C23H39NO6/c1-14(2)8-9-18-22(5,30-18)20-19(27-7)17(10-11-23(20)13-28-23)29-21(25)24-16(12-26-6)15(3)4/h8,15-20H,9-13H2,1-7H3,(H,24,25)/t16-,17?,18+,19?,20?,22-,23-/m0/s1. The molecule has 2 saturated heterocycles. The van der Waals surface area contributed by atoms with Crippen LogP contribution in [0.1, 0.15) is 53.9 Å². The number of epoxide rings is 2. The molecule has 2 heterocycles. The lowest BCUT2D eigenvalue weighted by molar-refractivity contribution is -0.118. The largest absolute Gasteiger partial charge is 0.443 e. The van der Waals surface area contributed by atoms with Gasteiger partial charge in [-0.3, -0.25) is 0 Å². The second-order valence-electron chi connectivity index (χ2n) is 9.77. The minimum absolute atomic E-state index is 0.0250. The minimum Gasteiger partial charge on any atom is -0.443 e. The molecule has 30 heavy (non-hydrogen) atoms. The molecule has 0 aromatic carbocycles. The predicted octanol–water partition coefficient (Wildman–Crippen LogP) is 3.46. The Morgan fingerprint density at radius 3 is 2.53 bits per heavy atom. The number of carbonyl (C=O) groups is 1. The molecule has 3 fully saturated rings. The molecule has 7 nitrogen and oxygen atoms in total. The van der Waals surface area contributed by atoms with E-state index in [1.54, 1.807) is 14.2 Å². The lowest BCUT2D eigenvalue weighted by Gasteiger charge is -2.42. The Balaban J connectivity index is 1.69. The van der Waals surface area contributed by atoms with E-state index in [2.05, 4.69) is 32.2 Å². The van der Waals surface area contributed by atoms with Crippen molar-refractivity contribution < 1.29 is 28.5 Å². The zero-order chi connectivity index (χ0) is 22.1. The molecule has 2 aliphatic heterocycles. The van der Waals surface area contributed by atoms with Gasteiger partial charge in [-0.25, -0.2) is 4.79 Å². The molecule has 7 atom stereocenters. The van der Waals surface area contributed by atoms with Crippen molar-refractivity contribution in [1.29, 1.82) is 0 Å². The van der Waals surface area contributed by atoms with Gasteiger partial charge in [0.05, 0.1) is 31.3 Å². The van der Waals surface area contributed by atoms with Crippen LogP contribution in [0.4, 0.5) is 4.79 Å². The average Bonchev–Trinajstić information content (AvgIpc) is 3.58. The van der Waals surface area contributed by atoms with E-state index in [-0.39, 0.29) is 47.4 Å². The van der Waals surface area contributed by atoms with Gasteiger partial charge in [0.25, 0.3) is 0 Å². The van der Waals surface area contributed by atoms with Gasteiger partial charge in [-0.15, -0.1) is 0 Å². The summed E-state index contributed by atoms with van der Waals surface area (Å²) in [5.74, 6) is 0.268. The third-order valence-corrected chi connectivity index (χ3v) is 6.95. The van der Waals surface area contributed by atoms with Gasteiger partial charge < -0.3 is 29.0 Å². The summed E-state index contributed by atoms with van der Waals surface area (Å²) in [6.07, 6.45) is 3.75. The summed E-state index contributed by atoms with van der Waals surface area (Å²) in [5.41, 5.74) is 0.728. The number of rotatable bonds is 9. The van der Waals surface area contributed by atoms with Crippen LogP contribution in [-0.2, 0) is 23.7 Å². The first-order valence-corrected chi connectivity index (χ1v) is 11.1. The normalized spacial score (nSPS) is 38.3. The molecule has 1 N–H and O–H groups in total. The van der Waals surface area contributed by atoms with E-state index < -0.39 is 6.09 Å². The number of hydrogen-bond acceptors (Lipinski definition) is 6. The molecule has 7 heteroatoms. The molecule has 1 amide bonds. The summed E-state index contributed by atoms with van der Waals surface area (Å²) in [4.78, 5) is 12.6. The number of carbonyl (C=O) groups excluding carboxylic acids is 1. The molecule has 172 valence electrons. The average molecular weight is 426 g/mol. The van der Waals surface area contributed by atoms with Crippen molar-refractivity contribution in [3.8, 4) is 0 Å². The fourth-order valence-corrected chi connectivity index (χ4v) is 4.97. The maximum atomic E-state index is 12.6. The van der Waals surface area contributed by atoms with Crippen LogP contribution < -0.4 is 5.32 Å². The summed E-state index contributed by atoms with van der Waals surface area (Å²) in [5, 5.41) is 2.94. The van der Waals surface area contributed by atoms with Gasteiger partial charge in [-0.1, -0.05) is 25.5 Å². The molecule has 1 aliphatic carbocycles. The van der Waals surface area contributed by atoms with E-state index in [1.165, 1.54) is 5.57 Å². The van der Waals surface area contributed by atoms with Crippen molar-refractivity contribution in [2.45, 2.75) is 89.4 Å². The Hall–Kier alpha value is -1.15. The van der Waals surface area contributed by atoms with Crippen LogP contribution in [0.15, 0.2) is 11.6 Å². The molecular formula is C23H39NO6. The van der Waals surface area contributed by atoms with E-state index in [4.69, 9.17) is 23.7 Å². The van der Waals surface area contributed by atoms with E-state index >= 15 is 0 Å². The maximum Gasteiger partial charge on any atom is 0.407 e. The van der Waals surface area contributed by atoms with Gasteiger partial charge in [0.2, 0.25) is 0 Å². The molecule has 3 aliphatic rings. The van der Waals surface area contributed by atoms with Gasteiger partial charge in [0, 0.05) is 14.2 Å². The number of allylic oxidation sites excluding steroid dienone is 1. The monoisotopic (exact) mass is 425 g/mol. The number of alkyl carbamates (subject to hydrolysis) is 1.